The Labute approximate surface area is 106 Å². The molecule has 0 heterocycles. The number of carbonyl (C=O) groups is 1. The van der Waals surface area contributed by atoms with E-state index < -0.39 is 0 Å². The molecule has 3 heteroatoms. The van der Waals surface area contributed by atoms with E-state index in [0.717, 1.165) is 35.8 Å². The molecule has 1 N–H and O–H groups in total. The Kier molecular flexibility index (Phi) is 5.53. The summed E-state index contributed by atoms with van der Waals surface area (Å²) in [5, 5.41) is 3.91. The lowest BCUT2D eigenvalue weighted by molar-refractivity contribution is 0.0953. The van der Waals surface area contributed by atoms with Crippen molar-refractivity contribution in [3.8, 4) is 0 Å². The molecule has 0 aliphatic heterocycles. The summed E-state index contributed by atoms with van der Waals surface area (Å²) in [7, 11) is 0. The molecule has 0 radical (unpaired) electrons. The Balaban J connectivity index is 2.50. The predicted molar refractivity (Wildman–Crippen MR) is 71.3 cm³/mol. The largest absolute Gasteiger partial charge is 0.352 e. The van der Waals surface area contributed by atoms with Gasteiger partial charge in [0.05, 0.1) is 0 Å². The first-order valence-corrected chi connectivity index (χ1v) is 6.68. The van der Waals surface area contributed by atoms with Gasteiger partial charge in [0, 0.05) is 17.4 Å². The van der Waals surface area contributed by atoms with Gasteiger partial charge < -0.3 is 5.32 Å². The number of rotatable bonds is 5. The fourth-order valence-corrected chi connectivity index (χ4v) is 1.80. The zero-order valence-corrected chi connectivity index (χ0v) is 11.4. The molecule has 0 saturated carbocycles. The molecular formula is C13H18BrNO. The van der Waals surface area contributed by atoms with Crippen LogP contribution in [-0.2, 0) is 0 Å². The fraction of sp³-hybridized carbons (Fsp3) is 0.462. The highest BCUT2D eigenvalue weighted by atomic mass is 79.9. The third-order valence-electron chi connectivity index (χ3n) is 2.62. The minimum absolute atomic E-state index is 0.0256. The van der Waals surface area contributed by atoms with Gasteiger partial charge in [0.15, 0.2) is 0 Å². The molecule has 1 amide bonds. The first-order chi connectivity index (χ1) is 7.65. The molecule has 1 aromatic rings. The van der Waals surface area contributed by atoms with Gasteiger partial charge in [-0.2, -0.15) is 0 Å². The first kappa shape index (κ1) is 13.2. The summed E-state index contributed by atoms with van der Waals surface area (Å²) in [5.41, 5.74) is 3.13. The number of carbonyl (C=O) groups excluding carboxylic acids is 1. The summed E-state index contributed by atoms with van der Waals surface area (Å²) >= 11 is 3.37. The Morgan fingerprint density at radius 3 is 2.62 bits per heavy atom. The molecule has 0 spiro atoms. The van der Waals surface area contributed by atoms with Gasteiger partial charge in [0.25, 0.3) is 5.91 Å². The van der Waals surface area contributed by atoms with Crippen molar-refractivity contribution in [1.29, 1.82) is 0 Å². The van der Waals surface area contributed by atoms with Crippen LogP contribution in [0.1, 0.15) is 34.3 Å². The van der Waals surface area contributed by atoms with E-state index in [1.54, 1.807) is 0 Å². The van der Waals surface area contributed by atoms with Crippen molar-refractivity contribution in [2.45, 2.75) is 26.7 Å². The predicted octanol–water partition coefficient (Wildman–Crippen LogP) is 3.21. The molecule has 0 saturated heterocycles. The monoisotopic (exact) mass is 283 g/mol. The third-order valence-corrected chi connectivity index (χ3v) is 3.18. The lowest BCUT2D eigenvalue weighted by Crippen LogP contribution is -2.24. The molecule has 0 aliphatic rings. The molecule has 1 rings (SSSR count). The summed E-state index contributed by atoms with van der Waals surface area (Å²) in [6.07, 6.45) is 2.11. The second-order valence-electron chi connectivity index (χ2n) is 3.95. The number of unbranched alkanes of at least 4 members (excludes halogenated alkanes) is 1. The van der Waals surface area contributed by atoms with Crippen LogP contribution in [0.3, 0.4) is 0 Å². The van der Waals surface area contributed by atoms with Crippen LogP contribution < -0.4 is 5.32 Å². The van der Waals surface area contributed by atoms with E-state index in [1.165, 1.54) is 5.56 Å². The maximum atomic E-state index is 11.7. The molecule has 1 aromatic carbocycles. The molecular weight excluding hydrogens is 266 g/mol. The molecule has 0 unspecified atom stereocenters. The van der Waals surface area contributed by atoms with E-state index >= 15 is 0 Å². The van der Waals surface area contributed by atoms with Crippen molar-refractivity contribution < 1.29 is 4.79 Å². The Morgan fingerprint density at radius 2 is 2.00 bits per heavy atom. The van der Waals surface area contributed by atoms with E-state index in [4.69, 9.17) is 0 Å². The summed E-state index contributed by atoms with van der Waals surface area (Å²) in [6.45, 7) is 4.82. The number of amides is 1. The summed E-state index contributed by atoms with van der Waals surface area (Å²) in [6, 6.07) is 5.81. The van der Waals surface area contributed by atoms with Crippen molar-refractivity contribution >= 4 is 21.8 Å². The maximum absolute atomic E-state index is 11.7. The van der Waals surface area contributed by atoms with Crippen LogP contribution in [0.25, 0.3) is 0 Å². The number of alkyl halides is 1. The van der Waals surface area contributed by atoms with Gasteiger partial charge in [0.1, 0.15) is 0 Å². The Morgan fingerprint density at radius 1 is 1.25 bits per heavy atom. The van der Waals surface area contributed by atoms with Gasteiger partial charge in [-0.3, -0.25) is 4.79 Å². The van der Waals surface area contributed by atoms with Crippen LogP contribution >= 0.6 is 15.9 Å². The topological polar surface area (TPSA) is 29.1 Å². The lowest BCUT2D eigenvalue weighted by atomic mass is 10.1. The van der Waals surface area contributed by atoms with E-state index in [9.17, 15) is 4.79 Å². The minimum Gasteiger partial charge on any atom is -0.352 e. The number of hydrogen-bond donors (Lipinski definition) is 1. The normalized spacial score (nSPS) is 10.2. The standard InChI is InChI=1S/C13H18BrNO/c1-10-5-6-12(9-11(10)2)13(16)15-8-4-3-7-14/h5-6,9H,3-4,7-8H2,1-2H3,(H,15,16). The average Bonchev–Trinajstić information content (AvgIpc) is 2.28. The van der Waals surface area contributed by atoms with E-state index in [2.05, 4.69) is 21.2 Å². The smallest absolute Gasteiger partial charge is 0.251 e. The van der Waals surface area contributed by atoms with E-state index in [-0.39, 0.29) is 5.91 Å². The highest BCUT2D eigenvalue weighted by Gasteiger charge is 2.05. The van der Waals surface area contributed by atoms with Crippen LogP contribution in [0, 0.1) is 13.8 Å². The highest BCUT2D eigenvalue weighted by Crippen LogP contribution is 2.09. The number of hydrogen-bond acceptors (Lipinski definition) is 1. The number of nitrogens with one attached hydrogen (secondary N) is 1. The van der Waals surface area contributed by atoms with Crippen LogP contribution in [0.5, 0.6) is 0 Å². The summed E-state index contributed by atoms with van der Waals surface area (Å²) in [5.74, 6) is 0.0256. The third kappa shape index (κ3) is 3.97. The Bertz CT molecular complexity index is 363. The van der Waals surface area contributed by atoms with E-state index in [1.807, 2.05) is 32.0 Å². The van der Waals surface area contributed by atoms with Crippen LogP contribution in [0.2, 0.25) is 0 Å². The summed E-state index contributed by atoms with van der Waals surface area (Å²) in [4.78, 5) is 11.7. The molecule has 2 nitrogen and oxygen atoms in total. The highest BCUT2D eigenvalue weighted by molar-refractivity contribution is 9.09. The number of benzene rings is 1. The zero-order valence-electron chi connectivity index (χ0n) is 9.85. The molecule has 16 heavy (non-hydrogen) atoms. The van der Waals surface area contributed by atoms with Gasteiger partial charge >= 0.3 is 0 Å². The SMILES string of the molecule is Cc1ccc(C(=O)NCCCCBr)cc1C. The van der Waals surface area contributed by atoms with Crippen molar-refractivity contribution in [3.63, 3.8) is 0 Å². The van der Waals surface area contributed by atoms with Crippen molar-refractivity contribution in [2.75, 3.05) is 11.9 Å². The lowest BCUT2D eigenvalue weighted by Gasteiger charge is -2.06. The molecule has 88 valence electrons. The van der Waals surface area contributed by atoms with Crippen molar-refractivity contribution in [2.24, 2.45) is 0 Å². The van der Waals surface area contributed by atoms with Gasteiger partial charge in [0.2, 0.25) is 0 Å². The fourth-order valence-electron chi connectivity index (χ4n) is 1.41. The average molecular weight is 284 g/mol. The number of aryl methyl sites for hydroxylation is 2. The van der Waals surface area contributed by atoms with Gasteiger partial charge in [-0.1, -0.05) is 22.0 Å². The van der Waals surface area contributed by atoms with Crippen LogP contribution in [0.4, 0.5) is 0 Å². The van der Waals surface area contributed by atoms with E-state index in [0.29, 0.717) is 0 Å². The quantitative estimate of drug-likeness (QED) is 0.653. The van der Waals surface area contributed by atoms with Gasteiger partial charge in [-0.15, -0.1) is 0 Å². The molecule has 0 atom stereocenters. The van der Waals surface area contributed by atoms with Crippen molar-refractivity contribution in [1.82, 2.24) is 5.32 Å². The molecule has 0 bridgehead atoms. The molecule has 0 aromatic heterocycles. The van der Waals surface area contributed by atoms with Gasteiger partial charge in [-0.25, -0.2) is 0 Å². The first-order valence-electron chi connectivity index (χ1n) is 5.56. The number of halogens is 1. The van der Waals surface area contributed by atoms with Crippen molar-refractivity contribution in [3.05, 3.63) is 34.9 Å². The van der Waals surface area contributed by atoms with Crippen LogP contribution in [-0.4, -0.2) is 17.8 Å². The molecule has 0 aliphatic carbocycles. The zero-order chi connectivity index (χ0) is 12.0. The summed E-state index contributed by atoms with van der Waals surface area (Å²) < 4.78 is 0. The molecule has 0 fully saturated rings. The Hall–Kier alpha value is -0.830. The van der Waals surface area contributed by atoms with Gasteiger partial charge in [-0.05, 0) is 49.9 Å². The minimum atomic E-state index is 0.0256. The maximum Gasteiger partial charge on any atom is 0.251 e. The van der Waals surface area contributed by atoms with Crippen LogP contribution in [0.15, 0.2) is 18.2 Å². The second kappa shape index (κ2) is 6.69. The second-order valence-corrected chi connectivity index (χ2v) is 4.74.